The van der Waals surface area contributed by atoms with E-state index in [0.717, 1.165) is 5.69 Å². The third kappa shape index (κ3) is 5.66. The molecule has 3 heterocycles. The fourth-order valence-electron chi connectivity index (χ4n) is 6.30. The Morgan fingerprint density at radius 2 is 1.67 bits per heavy atom. The number of piperazine rings is 1. The van der Waals surface area contributed by atoms with Gasteiger partial charge in [-0.1, -0.05) is 18.2 Å². The van der Waals surface area contributed by atoms with Gasteiger partial charge in [-0.25, -0.2) is 17.7 Å². The lowest BCUT2D eigenvalue weighted by Gasteiger charge is -2.38. The van der Waals surface area contributed by atoms with E-state index >= 15 is 4.79 Å². The smallest absolute Gasteiger partial charge is 0.274 e. The number of benzene rings is 3. The van der Waals surface area contributed by atoms with E-state index in [4.69, 9.17) is 14.2 Å². The molecule has 13 nitrogen and oxygen atoms in total. The highest BCUT2D eigenvalue weighted by Crippen LogP contribution is 2.51. The predicted octanol–water partition coefficient (Wildman–Crippen LogP) is 3.24. The molecule has 1 fully saturated rings. The second-order valence-corrected chi connectivity index (χ2v) is 13.0. The lowest BCUT2D eigenvalue weighted by Crippen LogP contribution is -2.60. The van der Waals surface area contributed by atoms with Crippen molar-refractivity contribution in [3.05, 3.63) is 102 Å². The molecule has 3 aromatic carbocycles. The van der Waals surface area contributed by atoms with Crippen LogP contribution < -0.4 is 28.8 Å². The third-order valence-corrected chi connectivity index (χ3v) is 10.4. The number of fused-ring (bicyclic) bond motifs is 1. The molecule has 2 aliphatic rings. The van der Waals surface area contributed by atoms with Gasteiger partial charge < -0.3 is 19.1 Å². The van der Waals surface area contributed by atoms with E-state index < -0.39 is 27.3 Å². The monoisotopic (exact) mass is 682 g/mol. The van der Waals surface area contributed by atoms with Crippen LogP contribution in [0.3, 0.4) is 0 Å². The Labute approximate surface area is 284 Å². The van der Waals surface area contributed by atoms with Crippen LogP contribution in [0, 0.1) is 11.3 Å². The summed E-state index contributed by atoms with van der Waals surface area (Å²) in [5, 5.41) is 11.6. The van der Waals surface area contributed by atoms with Gasteiger partial charge in [0.2, 0.25) is 0 Å². The maximum absolute atomic E-state index is 15.2. The van der Waals surface area contributed by atoms with Gasteiger partial charge in [0.25, 0.3) is 21.8 Å². The molecule has 0 aliphatic carbocycles. The number of rotatable bonds is 10. The number of carbonyl (C=O) groups is 2. The molecule has 252 valence electrons. The number of anilines is 2. The van der Waals surface area contributed by atoms with E-state index in [9.17, 15) is 18.5 Å². The Hall–Kier alpha value is -5.65. The molecule has 1 aromatic heterocycles. The molecule has 0 radical (unpaired) electrons. The molecule has 0 spiro atoms. The SMILES string of the molecule is CCOc1ccccc1C1(C(=O)NN2CCN(c3ccncc3)CC2)C(=O)N(S(=O)(=O)c2ccc(OC)cc2OC)c2ccc(C#N)cc21. The van der Waals surface area contributed by atoms with E-state index in [1.807, 2.05) is 12.1 Å². The maximum atomic E-state index is 15.2. The number of nitrogens with zero attached hydrogens (tertiary/aromatic N) is 5. The number of methoxy groups -OCH3 is 2. The number of sulfonamides is 1. The summed E-state index contributed by atoms with van der Waals surface area (Å²) in [5.74, 6) is -1.36. The van der Waals surface area contributed by atoms with Crippen molar-refractivity contribution in [3.63, 3.8) is 0 Å². The largest absolute Gasteiger partial charge is 0.497 e. The number of nitriles is 1. The first-order valence-electron chi connectivity index (χ1n) is 15.5. The number of hydrazine groups is 1. The number of hydrogen-bond acceptors (Lipinski definition) is 11. The van der Waals surface area contributed by atoms with Crippen LogP contribution in [0.5, 0.6) is 17.2 Å². The highest BCUT2D eigenvalue weighted by atomic mass is 32.2. The van der Waals surface area contributed by atoms with E-state index in [1.165, 1.54) is 50.6 Å². The van der Waals surface area contributed by atoms with Crippen molar-refractivity contribution >= 4 is 33.2 Å². The number of aromatic nitrogens is 1. The summed E-state index contributed by atoms with van der Waals surface area (Å²) >= 11 is 0. The Morgan fingerprint density at radius 3 is 2.35 bits per heavy atom. The Kier molecular flexibility index (Phi) is 9.14. The number of carbonyl (C=O) groups excluding carboxylic acids is 2. The summed E-state index contributed by atoms with van der Waals surface area (Å²) in [4.78, 5) is 36.0. The Bertz CT molecular complexity index is 2050. The van der Waals surface area contributed by atoms with Gasteiger partial charge in [-0.3, -0.25) is 20.0 Å². The molecule has 6 rings (SSSR count). The number of nitrogens with one attached hydrogen (secondary N) is 1. The van der Waals surface area contributed by atoms with Crippen molar-refractivity contribution in [1.29, 1.82) is 5.26 Å². The zero-order chi connectivity index (χ0) is 34.8. The summed E-state index contributed by atoms with van der Waals surface area (Å²) in [6, 6.07) is 20.7. The van der Waals surface area contributed by atoms with E-state index in [0.29, 0.717) is 36.2 Å². The van der Waals surface area contributed by atoms with E-state index in [-0.39, 0.29) is 45.4 Å². The number of hydrogen-bond donors (Lipinski definition) is 1. The zero-order valence-electron chi connectivity index (χ0n) is 27.1. The second-order valence-electron chi connectivity index (χ2n) is 11.2. The molecule has 2 amide bonds. The van der Waals surface area contributed by atoms with Crippen molar-refractivity contribution in [2.75, 3.05) is 56.2 Å². The molecular formula is C35H34N6O7S. The first kappa shape index (κ1) is 33.3. The van der Waals surface area contributed by atoms with E-state index in [2.05, 4.69) is 21.4 Å². The molecule has 1 N–H and O–H groups in total. The average Bonchev–Trinajstić information content (AvgIpc) is 3.40. The number of ether oxygens (including phenoxy) is 3. The Balaban J connectivity index is 1.50. The van der Waals surface area contributed by atoms with Crippen molar-refractivity contribution in [2.45, 2.75) is 17.2 Å². The number of pyridine rings is 1. The van der Waals surface area contributed by atoms with Gasteiger partial charge >= 0.3 is 0 Å². The quantitative estimate of drug-likeness (QED) is 0.245. The van der Waals surface area contributed by atoms with Crippen LogP contribution >= 0.6 is 0 Å². The summed E-state index contributed by atoms with van der Waals surface area (Å²) < 4.78 is 46.4. The molecule has 1 unspecified atom stereocenters. The lowest BCUT2D eigenvalue weighted by atomic mass is 9.73. The van der Waals surface area contributed by atoms with Crippen molar-refractivity contribution in [3.8, 4) is 23.3 Å². The average molecular weight is 683 g/mol. The van der Waals surface area contributed by atoms with Crippen LogP contribution in [0.1, 0.15) is 23.6 Å². The first-order valence-corrected chi connectivity index (χ1v) is 16.9. The fraction of sp³-hybridized carbons (Fsp3) is 0.257. The molecule has 49 heavy (non-hydrogen) atoms. The van der Waals surface area contributed by atoms with Crippen LogP contribution in [-0.2, 0) is 25.0 Å². The van der Waals surface area contributed by atoms with Gasteiger partial charge in [-0.2, -0.15) is 5.26 Å². The molecule has 0 bridgehead atoms. The van der Waals surface area contributed by atoms with Gasteiger partial charge in [-0.05, 0) is 55.5 Å². The highest BCUT2D eigenvalue weighted by molar-refractivity contribution is 7.93. The molecule has 14 heteroatoms. The standard InChI is InChI=1S/C35H34N6O7S/c1-4-48-30-8-6-5-7-27(30)35(33(42)38-40-19-17-39(18-20-40)25-13-15-37-16-14-25)28-21-24(23-36)9-11-29(28)41(34(35)43)49(44,45)32-12-10-26(46-2)22-31(32)47-3/h5-16,21-22H,4,17-20H2,1-3H3,(H,38,42). The van der Waals surface area contributed by atoms with Crippen LogP contribution in [-0.4, -0.2) is 77.2 Å². The van der Waals surface area contributed by atoms with Crippen LogP contribution in [0.4, 0.5) is 11.4 Å². The molecule has 1 atom stereocenters. The normalized spacial score (nSPS) is 17.6. The van der Waals surface area contributed by atoms with Crippen LogP contribution in [0.25, 0.3) is 0 Å². The molecule has 4 aromatic rings. The molecule has 1 saturated heterocycles. The maximum Gasteiger partial charge on any atom is 0.274 e. The van der Waals surface area contributed by atoms with Gasteiger partial charge in [0.15, 0.2) is 5.41 Å². The first-order chi connectivity index (χ1) is 23.7. The Morgan fingerprint density at radius 1 is 0.939 bits per heavy atom. The summed E-state index contributed by atoms with van der Waals surface area (Å²) in [5.41, 5.74) is 1.85. The minimum atomic E-state index is -4.72. The summed E-state index contributed by atoms with van der Waals surface area (Å²) in [7, 11) is -1.99. The second kappa shape index (κ2) is 13.5. The zero-order valence-corrected chi connectivity index (χ0v) is 27.9. The minimum absolute atomic E-state index is 0.0210. The summed E-state index contributed by atoms with van der Waals surface area (Å²) in [6.07, 6.45) is 3.42. The fourth-order valence-corrected chi connectivity index (χ4v) is 7.91. The molecule has 0 saturated carbocycles. The van der Waals surface area contributed by atoms with E-state index in [1.54, 1.807) is 48.6 Å². The van der Waals surface area contributed by atoms with Crippen molar-refractivity contribution in [2.24, 2.45) is 0 Å². The molecular weight excluding hydrogens is 648 g/mol. The van der Waals surface area contributed by atoms with Crippen molar-refractivity contribution in [1.82, 2.24) is 15.4 Å². The third-order valence-electron chi connectivity index (χ3n) is 8.64. The van der Waals surface area contributed by atoms with Gasteiger partial charge in [0.1, 0.15) is 22.1 Å². The van der Waals surface area contributed by atoms with Crippen molar-refractivity contribution < 1.29 is 32.2 Å². The predicted molar refractivity (Wildman–Crippen MR) is 180 cm³/mol. The molecule has 2 aliphatic heterocycles. The van der Waals surface area contributed by atoms with Crippen LogP contribution in [0.15, 0.2) is 90.1 Å². The van der Waals surface area contributed by atoms with Gasteiger partial charge in [0.05, 0.1) is 38.1 Å². The number of para-hydroxylation sites is 1. The highest BCUT2D eigenvalue weighted by Gasteiger charge is 2.62. The lowest BCUT2D eigenvalue weighted by molar-refractivity contribution is -0.136. The number of amides is 2. The van der Waals surface area contributed by atoms with Gasteiger partial charge in [-0.15, -0.1) is 0 Å². The minimum Gasteiger partial charge on any atom is -0.497 e. The van der Waals surface area contributed by atoms with Crippen LogP contribution in [0.2, 0.25) is 0 Å². The summed E-state index contributed by atoms with van der Waals surface area (Å²) in [6.45, 7) is 3.90. The topological polar surface area (TPSA) is 154 Å². The van der Waals surface area contributed by atoms with Gasteiger partial charge in [0, 0.05) is 61.5 Å².